The van der Waals surface area contributed by atoms with Crippen LogP contribution in [-0.2, 0) is 27.5 Å². The predicted octanol–water partition coefficient (Wildman–Crippen LogP) is 4.05. The minimum atomic E-state index is -3.47. The van der Waals surface area contributed by atoms with E-state index in [9.17, 15) is 27.1 Å². The molecular formula is C29H42F2N2O5S. The molecule has 0 radical (unpaired) electrons. The van der Waals surface area contributed by atoms with E-state index in [1.165, 1.54) is 4.90 Å². The van der Waals surface area contributed by atoms with Gasteiger partial charge in [-0.25, -0.2) is 17.2 Å². The summed E-state index contributed by atoms with van der Waals surface area (Å²) in [5, 5.41) is 10.4. The summed E-state index contributed by atoms with van der Waals surface area (Å²) in [6.45, 7) is 3.95. The molecule has 2 rings (SSSR count). The van der Waals surface area contributed by atoms with Crippen molar-refractivity contribution in [3.8, 4) is 5.75 Å². The number of aliphatic hydroxyl groups excluding tert-OH is 1. The number of hydrogen-bond donors (Lipinski definition) is 2. The van der Waals surface area contributed by atoms with Crippen LogP contribution in [0.15, 0.2) is 42.5 Å². The molecule has 0 spiro atoms. The second-order valence-electron chi connectivity index (χ2n) is 9.97. The minimum Gasteiger partial charge on any atom is -0.497 e. The van der Waals surface area contributed by atoms with E-state index in [0.717, 1.165) is 36.6 Å². The van der Waals surface area contributed by atoms with Crippen LogP contribution in [0.5, 0.6) is 5.75 Å². The normalized spacial score (nSPS) is 13.3. The molecule has 0 aromatic heterocycles. The van der Waals surface area contributed by atoms with Crippen LogP contribution in [0.25, 0.3) is 0 Å². The molecule has 2 aromatic rings. The Bertz CT molecular complexity index is 1140. The largest absolute Gasteiger partial charge is 0.497 e. The van der Waals surface area contributed by atoms with Crippen LogP contribution in [0.1, 0.15) is 57.1 Å². The number of amides is 1. The van der Waals surface area contributed by atoms with Gasteiger partial charge < -0.3 is 20.5 Å². The van der Waals surface area contributed by atoms with Crippen LogP contribution in [0.4, 0.5) is 8.78 Å². The highest BCUT2D eigenvalue weighted by Gasteiger charge is 2.27. The summed E-state index contributed by atoms with van der Waals surface area (Å²) in [6.07, 6.45) is 1.62. The summed E-state index contributed by atoms with van der Waals surface area (Å²) in [6, 6.07) is 9.51. The Balaban J connectivity index is 2.14. The molecule has 0 bridgehead atoms. The second kappa shape index (κ2) is 15.9. The summed E-state index contributed by atoms with van der Waals surface area (Å²) in [5.41, 5.74) is 7.34. The average molecular weight is 569 g/mol. The topological polar surface area (TPSA) is 110 Å². The van der Waals surface area contributed by atoms with Gasteiger partial charge in [0.05, 0.1) is 24.2 Å². The number of carbonyl (C=O) groups is 1. The third-order valence-corrected chi connectivity index (χ3v) is 9.04. The lowest BCUT2D eigenvalue weighted by atomic mass is 10.0. The molecule has 0 unspecified atom stereocenters. The maximum absolute atomic E-state index is 13.6. The first-order chi connectivity index (χ1) is 18.5. The number of nitrogens with two attached hydrogens (primary N) is 1. The quantitative estimate of drug-likeness (QED) is 0.298. The molecule has 2 aromatic carbocycles. The Morgan fingerprint density at radius 1 is 1.05 bits per heavy atom. The average Bonchev–Trinajstić information content (AvgIpc) is 2.88. The Labute approximate surface area is 231 Å². The number of halogens is 2. The van der Waals surface area contributed by atoms with Crippen molar-refractivity contribution < 1.29 is 31.8 Å². The van der Waals surface area contributed by atoms with E-state index in [2.05, 4.69) is 0 Å². The van der Waals surface area contributed by atoms with Gasteiger partial charge in [0.15, 0.2) is 9.84 Å². The van der Waals surface area contributed by atoms with Crippen molar-refractivity contribution in [1.82, 2.24) is 4.90 Å². The lowest BCUT2D eigenvalue weighted by molar-refractivity contribution is -0.132. The number of ether oxygens (including phenoxy) is 1. The SMILES string of the molecule is CCCC(CCC)S(=O)(=O)CCC(=O)N(CCc1cccc(OC)c1)C[C@@H](O)[C@@H](N)Cc1cc(F)cc(F)c1. The molecule has 0 aliphatic rings. The van der Waals surface area contributed by atoms with Crippen molar-refractivity contribution in [2.24, 2.45) is 5.73 Å². The molecule has 0 aliphatic carbocycles. The standard InChI is InChI=1S/C29H42F2N2O5S/c1-4-7-26(8-5-2)39(36,37)14-12-29(35)33(13-11-21-9-6-10-25(17-21)38-3)20-28(34)27(32)18-22-15-23(30)19-24(31)16-22/h6,9-10,15-17,19,26-28,34H,4-5,7-8,11-14,18,20,32H2,1-3H3/t27-,28+/m0/s1. The zero-order valence-electron chi connectivity index (χ0n) is 23.1. The molecule has 3 N–H and O–H groups in total. The Hall–Kier alpha value is -2.56. The van der Waals surface area contributed by atoms with Gasteiger partial charge in [0, 0.05) is 31.6 Å². The molecule has 7 nitrogen and oxygen atoms in total. The summed E-state index contributed by atoms with van der Waals surface area (Å²) in [5.74, 6) is -1.49. The molecule has 0 saturated heterocycles. The van der Waals surface area contributed by atoms with Gasteiger partial charge >= 0.3 is 0 Å². The van der Waals surface area contributed by atoms with Gasteiger partial charge in [-0.05, 0) is 61.1 Å². The van der Waals surface area contributed by atoms with E-state index in [1.807, 2.05) is 32.0 Å². The fourth-order valence-corrected chi connectivity index (χ4v) is 6.59. The van der Waals surface area contributed by atoms with Crippen molar-refractivity contribution in [1.29, 1.82) is 0 Å². The van der Waals surface area contributed by atoms with Crippen LogP contribution >= 0.6 is 0 Å². The first-order valence-corrected chi connectivity index (χ1v) is 15.2. The van der Waals surface area contributed by atoms with Gasteiger partial charge in [-0.2, -0.15) is 0 Å². The molecule has 0 aliphatic heterocycles. The van der Waals surface area contributed by atoms with Crippen LogP contribution in [0.2, 0.25) is 0 Å². The maximum Gasteiger partial charge on any atom is 0.223 e. The summed E-state index contributed by atoms with van der Waals surface area (Å²) in [7, 11) is -1.91. The van der Waals surface area contributed by atoms with Crippen molar-refractivity contribution in [2.45, 2.75) is 76.2 Å². The van der Waals surface area contributed by atoms with Gasteiger partial charge in [-0.1, -0.05) is 38.8 Å². The van der Waals surface area contributed by atoms with E-state index in [0.29, 0.717) is 25.0 Å². The molecule has 0 heterocycles. The number of benzene rings is 2. The minimum absolute atomic E-state index is 0.00213. The third kappa shape index (κ3) is 10.8. The summed E-state index contributed by atoms with van der Waals surface area (Å²) >= 11 is 0. The Morgan fingerprint density at radius 2 is 1.69 bits per heavy atom. The lowest BCUT2D eigenvalue weighted by Gasteiger charge is -2.29. The number of aliphatic hydroxyl groups is 1. The van der Waals surface area contributed by atoms with Gasteiger partial charge in [0.1, 0.15) is 17.4 Å². The molecule has 1 amide bonds. The predicted molar refractivity (Wildman–Crippen MR) is 149 cm³/mol. The summed E-state index contributed by atoms with van der Waals surface area (Å²) in [4.78, 5) is 14.7. The van der Waals surface area contributed by atoms with Gasteiger partial charge in [0.25, 0.3) is 0 Å². The van der Waals surface area contributed by atoms with Crippen LogP contribution in [-0.4, -0.2) is 67.7 Å². The zero-order valence-corrected chi connectivity index (χ0v) is 23.9. The second-order valence-corrected chi connectivity index (χ2v) is 12.4. The summed E-state index contributed by atoms with van der Waals surface area (Å²) < 4.78 is 58.4. The molecular weight excluding hydrogens is 526 g/mol. The number of carbonyl (C=O) groups excluding carboxylic acids is 1. The lowest BCUT2D eigenvalue weighted by Crippen LogP contribution is -2.47. The Kier molecular flexibility index (Phi) is 13.3. The first kappa shape index (κ1) is 32.7. The number of nitrogens with zero attached hydrogens (tertiary/aromatic N) is 1. The maximum atomic E-state index is 13.6. The number of methoxy groups -OCH3 is 1. The third-order valence-electron chi connectivity index (χ3n) is 6.78. The molecule has 39 heavy (non-hydrogen) atoms. The zero-order chi connectivity index (χ0) is 29.0. The van der Waals surface area contributed by atoms with E-state index >= 15 is 0 Å². The fourth-order valence-electron chi connectivity index (χ4n) is 4.61. The highest BCUT2D eigenvalue weighted by Crippen LogP contribution is 2.18. The molecule has 0 saturated carbocycles. The van der Waals surface area contributed by atoms with E-state index in [-0.39, 0.29) is 37.2 Å². The van der Waals surface area contributed by atoms with Crippen molar-refractivity contribution >= 4 is 15.7 Å². The molecule has 0 fully saturated rings. The van der Waals surface area contributed by atoms with Crippen molar-refractivity contribution in [2.75, 3.05) is 26.0 Å². The van der Waals surface area contributed by atoms with Gasteiger partial charge in [0.2, 0.25) is 5.91 Å². The number of sulfone groups is 1. The van der Waals surface area contributed by atoms with Crippen LogP contribution < -0.4 is 10.5 Å². The van der Waals surface area contributed by atoms with Gasteiger partial charge in [-0.3, -0.25) is 4.79 Å². The van der Waals surface area contributed by atoms with Crippen molar-refractivity contribution in [3.05, 3.63) is 65.2 Å². The smallest absolute Gasteiger partial charge is 0.223 e. The molecule has 10 heteroatoms. The van der Waals surface area contributed by atoms with Crippen LogP contribution in [0, 0.1) is 11.6 Å². The molecule has 218 valence electrons. The van der Waals surface area contributed by atoms with E-state index in [4.69, 9.17) is 10.5 Å². The van der Waals surface area contributed by atoms with Gasteiger partial charge in [-0.15, -0.1) is 0 Å². The number of rotatable bonds is 17. The monoisotopic (exact) mass is 568 g/mol. The van der Waals surface area contributed by atoms with E-state index in [1.54, 1.807) is 13.2 Å². The van der Waals surface area contributed by atoms with Crippen LogP contribution in [0.3, 0.4) is 0 Å². The van der Waals surface area contributed by atoms with Crippen molar-refractivity contribution in [3.63, 3.8) is 0 Å². The molecule has 2 atom stereocenters. The highest BCUT2D eigenvalue weighted by molar-refractivity contribution is 7.92. The Morgan fingerprint density at radius 3 is 2.28 bits per heavy atom. The fraction of sp³-hybridized carbons (Fsp3) is 0.552. The number of hydrogen-bond acceptors (Lipinski definition) is 6. The highest BCUT2D eigenvalue weighted by atomic mass is 32.2. The van der Waals surface area contributed by atoms with E-state index < -0.39 is 44.8 Å². The first-order valence-electron chi connectivity index (χ1n) is 13.5.